The number of pyridine rings is 1. The van der Waals surface area contributed by atoms with Gasteiger partial charge in [0.05, 0.1) is 17.9 Å². The zero-order valence-electron chi connectivity index (χ0n) is 20.1. The van der Waals surface area contributed by atoms with Crippen LogP contribution in [0.4, 0.5) is 11.4 Å². The summed E-state index contributed by atoms with van der Waals surface area (Å²) in [6, 6.07) is 17.6. The van der Waals surface area contributed by atoms with Crippen LogP contribution in [0.2, 0.25) is 0 Å². The van der Waals surface area contributed by atoms with E-state index in [1.165, 1.54) is 9.42 Å². The minimum absolute atomic E-state index is 0.215. The third kappa shape index (κ3) is 4.08. The van der Waals surface area contributed by atoms with E-state index in [4.69, 9.17) is 4.74 Å². The SMILES string of the molecule is CCOc1ccc(NC(=O)CN2C(=O)/C(=c3\sc4nc(-c5ccncc5)nn4c3=O)c3ccccc32)cc1. The number of nitrogens with zero attached hydrogens (tertiary/aromatic N) is 5. The fourth-order valence-corrected chi connectivity index (χ4v) is 5.31. The highest BCUT2D eigenvalue weighted by Crippen LogP contribution is 2.35. The van der Waals surface area contributed by atoms with Gasteiger partial charge < -0.3 is 10.1 Å². The van der Waals surface area contributed by atoms with Gasteiger partial charge in [0.25, 0.3) is 11.5 Å². The predicted molar refractivity (Wildman–Crippen MR) is 143 cm³/mol. The quantitative estimate of drug-likeness (QED) is 0.363. The Hall–Kier alpha value is -4.90. The highest BCUT2D eigenvalue weighted by molar-refractivity contribution is 7.15. The summed E-state index contributed by atoms with van der Waals surface area (Å²) in [6.07, 6.45) is 3.25. The Bertz CT molecular complexity index is 1800. The van der Waals surface area contributed by atoms with Crippen LogP contribution in [0.5, 0.6) is 5.75 Å². The predicted octanol–water partition coefficient (Wildman–Crippen LogP) is 2.51. The van der Waals surface area contributed by atoms with E-state index in [9.17, 15) is 14.4 Å². The average molecular weight is 525 g/mol. The molecule has 0 spiro atoms. The van der Waals surface area contributed by atoms with E-state index in [2.05, 4.69) is 20.4 Å². The molecular formula is C27H20N6O4S. The smallest absolute Gasteiger partial charge is 0.291 e. The zero-order valence-corrected chi connectivity index (χ0v) is 20.9. The molecule has 3 aromatic heterocycles. The number of nitrogens with one attached hydrogen (secondary N) is 1. The standard InChI is InChI=1S/C27H20N6O4S/c1-2-37-18-9-7-17(8-10-18)29-21(34)15-32-20-6-4-3-5-19(20)22(25(32)35)23-26(36)33-27(38-23)30-24(31-33)16-11-13-28-14-12-16/h3-14H,2,15H2,1H3,(H,29,34)/b23-22-. The molecule has 1 aliphatic rings. The molecule has 2 amide bonds. The molecule has 11 heteroatoms. The maximum atomic E-state index is 13.6. The van der Waals surface area contributed by atoms with Crippen molar-refractivity contribution in [3.8, 4) is 17.1 Å². The zero-order chi connectivity index (χ0) is 26.2. The number of fused-ring (bicyclic) bond motifs is 2. The van der Waals surface area contributed by atoms with Crippen LogP contribution in [-0.4, -0.2) is 44.5 Å². The Morgan fingerprint density at radius 1 is 1.03 bits per heavy atom. The summed E-state index contributed by atoms with van der Waals surface area (Å²) in [5, 5.41) is 7.16. The van der Waals surface area contributed by atoms with Gasteiger partial charge in [0.15, 0.2) is 5.82 Å². The Balaban J connectivity index is 1.33. The third-order valence-corrected chi connectivity index (χ3v) is 7.03. The van der Waals surface area contributed by atoms with Gasteiger partial charge in [-0.25, -0.2) is 0 Å². The van der Waals surface area contributed by atoms with Crippen molar-refractivity contribution in [1.29, 1.82) is 0 Å². The van der Waals surface area contributed by atoms with Crippen LogP contribution in [0.1, 0.15) is 12.5 Å². The minimum Gasteiger partial charge on any atom is -0.494 e. The average Bonchev–Trinajstić information content (AvgIpc) is 3.57. The second-order valence-electron chi connectivity index (χ2n) is 8.39. The van der Waals surface area contributed by atoms with Crippen molar-refractivity contribution in [2.24, 2.45) is 0 Å². The molecule has 0 aliphatic carbocycles. The number of hydrogen-bond acceptors (Lipinski definition) is 8. The lowest BCUT2D eigenvalue weighted by Crippen LogP contribution is -2.37. The third-order valence-electron chi connectivity index (χ3n) is 6.00. The maximum absolute atomic E-state index is 13.6. The van der Waals surface area contributed by atoms with Gasteiger partial charge in [-0.2, -0.15) is 9.50 Å². The molecule has 0 atom stereocenters. The van der Waals surface area contributed by atoms with Crippen LogP contribution in [0, 0.1) is 0 Å². The second kappa shape index (κ2) is 9.52. The van der Waals surface area contributed by atoms with Crippen LogP contribution in [-0.2, 0) is 9.59 Å². The van der Waals surface area contributed by atoms with E-state index in [0.29, 0.717) is 40.1 Å². The first-order chi connectivity index (χ1) is 18.5. The van der Waals surface area contributed by atoms with Gasteiger partial charge in [-0.1, -0.05) is 29.5 Å². The van der Waals surface area contributed by atoms with Crippen LogP contribution < -0.4 is 25.0 Å². The van der Waals surface area contributed by atoms with Crippen molar-refractivity contribution in [3.63, 3.8) is 0 Å². The van der Waals surface area contributed by atoms with Crippen LogP contribution in [0.25, 0.3) is 21.9 Å². The molecule has 4 heterocycles. The number of rotatable bonds is 6. The molecule has 1 N–H and O–H groups in total. The highest BCUT2D eigenvalue weighted by atomic mass is 32.1. The summed E-state index contributed by atoms with van der Waals surface area (Å²) < 4.78 is 6.87. The summed E-state index contributed by atoms with van der Waals surface area (Å²) in [5.74, 6) is 0.305. The van der Waals surface area contributed by atoms with Crippen molar-refractivity contribution in [1.82, 2.24) is 19.6 Å². The fraction of sp³-hybridized carbons (Fsp3) is 0.111. The number of thiazole rings is 1. The summed E-state index contributed by atoms with van der Waals surface area (Å²) in [5.41, 5.74) is 2.27. The van der Waals surface area contributed by atoms with Gasteiger partial charge in [0.2, 0.25) is 10.9 Å². The number of carbonyl (C=O) groups excluding carboxylic acids is 2. The molecule has 2 aromatic carbocycles. The molecule has 5 aromatic rings. The highest BCUT2D eigenvalue weighted by Gasteiger charge is 2.35. The van der Waals surface area contributed by atoms with Crippen molar-refractivity contribution in [2.75, 3.05) is 23.4 Å². The van der Waals surface area contributed by atoms with Gasteiger partial charge in [-0.3, -0.25) is 24.3 Å². The van der Waals surface area contributed by atoms with Crippen LogP contribution >= 0.6 is 11.3 Å². The molecule has 0 radical (unpaired) electrons. The van der Waals surface area contributed by atoms with E-state index >= 15 is 0 Å². The topological polar surface area (TPSA) is 119 Å². The molecule has 10 nitrogen and oxygen atoms in total. The number of benzene rings is 2. The second-order valence-corrected chi connectivity index (χ2v) is 9.37. The van der Waals surface area contributed by atoms with Crippen molar-refractivity contribution >= 4 is 45.1 Å². The minimum atomic E-state index is -0.434. The van der Waals surface area contributed by atoms with Gasteiger partial charge in [0.1, 0.15) is 16.8 Å². The van der Waals surface area contributed by atoms with Gasteiger partial charge in [-0.15, -0.1) is 5.10 Å². The molecule has 0 fully saturated rings. The Kier molecular flexibility index (Phi) is 5.89. The first kappa shape index (κ1) is 23.5. The normalized spacial score (nSPS) is 14.1. The van der Waals surface area contributed by atoms with Crippen LogP contribution in [0.3, 0.4) is 0 Å². The van der Waals surface area contributed by atoms with Crippen LogP contribution in [0.15, 0.2) is 77.9 Å². The van der Waals surface area contributed by atoms with E-state index < -0.39 is 11.5 Å². The van der Waals surface area contributed by atoms with Gasteiger partial charge >= 0.3 is 0 Å². The molecule has 188 valence electrons. The number of amides is 2. The Morgan fingerprint density at radius 2 is 1.79 bits per heavy atom. The summed E-state index contributed by atoms with van der Waals surface area (Å²) >= 11 is 1.10. The maximum Gasteiger partial charge on any atom is 0.291 e. The Labute approximate surface area is 219 Å². The number of ether oxygens (including phenoxy) is 1. The van der Waals surface area contributed by atoms with Gasteiger partial charge in [-0.05, 0) is 49.4 Å². The lowest BCUT2D eigenvalue weighted by Gasteiger charge is -2.16. The molecule has 0 saturated carbocycles. The number of anilines is 2. The molecule has 0 bridgehead atoms. The van der Waals surface area contributed by atoms with Crippen molar-refractivity contribution in [3.05, 3.63) is 93.5 Å². The first-order valence-corrected chi connectivity index (χ1v) is 12.6. The Morgan fingerprint density at radius 3 is 2.53 bits per heavy atom. The molecular weight excluding hydrogens is 504 g/mol. The molecule has 38 heavy (non-hydrogen) atoms. The van der Waals surface area contributed by atoms with Crippen molar-refractivity contribution < 1.29 is 14.3 Å². The summed E-state index contributed by atoms with van der Waals surface area (Å²) in [4.78, 5) is 50.1. The van der Waals surface area contributed by atoms with E-state index in [1.807, 2.05) is 6.92 Å². The van der Waals surface area contributed by atoms with Gasteiger partial charge in [0, 0.05) is 29.2 Å². The van der Waals surface area contributed by atoms with E-state index in [0.717, 1.165) is 16.9 Å². The summed E-state index contributed by atoms with van der Waals surface area (Å²) in [7, 11) is 0. The molecule has 0 unspecified atom stereocenters. The number of aromatic nitrogens is 4. The lowest BCUT2D eigenvalue weighted by molar-refractivity contribution is -0.118. The monoisotopic (exact) mass is 524 g/mol. The first-order valence-electron chi connectivity index (χ1n) is 11.8. The number of para-hydroxylation sites is 1. The van der Waals surface area contributed by atoms with E-state index in [-0.39, 0.29) is 22.6 Å². The van der Waals surface area contributed by atoms with E-state index in [1.54, 1.807) is 73.1 Å². The fourth-order valence-electron chi connectivity index (χ4n) is 4.31. The van der Waals surface area contributed by atoms with Crippen molar-refractivity contribution in [2.45, 2.75) is 6.92 Å². The number of carbonyl (C=O) groups is 2. The summed E-state index contributed by atoms with van der Waals surface area (Å²) in [6.45, 7) is 2.23. The number of hydrogen-bond donors (Lipinski definition) is 1. The molecule has 6 rings (SSSR count). The largest absolute Gasteiger partial charge is 0.494 e. The molecule has 0 saturated heterocycles. The molecule has 1 aliphatic heterocycles. The lowest BCUT2D eigenvalue weighted by atomic mass is 10.1.